The van der Waals surface area contributed by atoms with E-state index in [1.807, 2.05) is 0 Å². The molecule has 0 spiro atoms. The van der Waals surface area contributed by atoms with Gasteiger partial charge in [-0.05, 0) is 6.54 Å². The molecule has 1 aliphatic heterocycles. The Morgan fingerprint density at radius 1 is 1.50 bits per heavy atom. The van der Waals surface area contributed by atoms with Gasteiger partial charge in [0.2, 0.25) is 0 Å². The van der Waals surface area contributed by atoms with E-state index >= 15 is 0 Å². The first-order valence-corrected chi connectivity index (χ1v) is 6.71. The third-order valence-electron chi connectivity index (χ3n) is 2.91. The number of rotatable bonds is 4. The summed E-state index contributed by atoms with van der Waals surface area (Å²) < 4.78 is 5.69. The molecule has 0 aliphatic carbocycles. The second-order valence-corrected chi connectivity index (χ2v) is 4.88. The first-order chi connectivity index (χ1) is 8.69. The van der Waals surface area contributed by atoms with Gasteiger partial charge in [0.05, 0.1) is 18.4 Å². The highest BCUT2D eigenvalue weighted by Gasteiger charge is 2.19. The van der Waals surface area contributed by atoms with Crippen molar-refractivity contribution in [2.75, 3.05) is 38.1 Å². The Balaban J connectivity index is 1.89. The minimum Gasteiger partial charge on any atom is -0.380 e. The molecule has 1 N–H and O–H groups in total. The lowest BCUT2D eigenvalue weighted by Crippen LogP contribution is -2.45. The molecule has 1 fully saturated rings. The van der Waals surface area contributed by atoms with Crippen molar-refractivity contribution in [1.82, 2.24) is 15.1 Å². The van der Waals surface area contributed by atoms with Crippen LogP contribution in [-0.2, 0) is 4.74 Å². The Hall–Kier alpha value is -0.620. The van der Waals surface area contributed by atoms with E-state index in [2.05, 4.69) is 27.3 Å². The lowest BCUT2D eigenvalue weighted by atomic mass is 10.2. The van der Waals surface area contributed by atoms with Gasteiger partial charge < -0.3 is 10.1 Å². The van der Waals surface area contributed by atoms with Gasteiger partial charge in [-0.3, -0.25) is 4.90 Å². The molecule has 100 valence electrons. The molecule has 2 rings (SSSR count). The van der Waals surface area contributed by atoms with E-state index < -0.39 is 0 Å². The number of hydrogen-bond donors (Lipinski definition) is 1. The number of nitrogens with zero attached hydrogens (tertiary/aromatic N) is 3. The van der Waals surface area contributed by atoms with Crippen LogP contribution in [0.2, 0.25) is 10.3 Å². The summed E-state index contributed by atoms with van der Waals surface area (Å²) in [6.45, 7) is 6.56. The summed E-state index contributed by atoms with van der Waals surface area (Å²) in [6.07, 6.45) is 0.154. The number of hydrogen-bond acceptors (Lipinski definition) is 5. The zero-order chi connectivity index (χ0) is 13.0. The van der Waals surface area contributed by atoms with Gasteiger partial charge in [0.1, 0.15) is 0 Å². The van der Waals surface area contributed by atoms with Crippen molar-refractivity contribution in [2.45, 2.75) is 13.0 Å². The number of nitrogens with one attached hydrogen (secondary N) is 1. The largest absolute Gasteiger partial charge is 0.380 e. The summed E-state index contributed by atoms with van der Waals surface area (Å²) in [4.78, 5) is 2.36. The zero-order valence-corrected chi connectivity index (χ0v) is 11.7. The predicted octanol–water partition coefficient (Wildman–Crippen LogP) is 1.92. The van der Waals surface area contributed by atoms with Crippen molar-refractivity contribution >= 4 is 28.9 Å². The van der Waals surface area contributed by atoms with Crippen LogP contribution in [0.1, 0.15) is 6.92 Å². The Morgan fingerprint density at radius 2 is 2.33 bits per heavy atom. The van der Waals surface area contributed by atoms with Crippen LogP contribution < -0.4 is 5.32 Å². The molecule has 1 aliphatic rings. The van der Waals surface area contributed by atoms with Crippen LogP contribution >= 0.6 is 23.2 Å². The first kappa shape index (κ1) is 13.8. The third kappa shape index (κ3) is 3.68. The molecule has 18 heavy (non-hydrogen) atoms. The van der Waals surface area contributed by atoms with Gasteiger partial charge in [-0.25, -0.2) is 0 Å². The highest BCUT2D eigenvalue weighted by Crippen LogP contribution is 2.21. The highest BCUT2D eigenvalue weighted by molar-refractivity contribution is 6.33. The average molecular weight is 291 g/mol. The molecular weight excluding hydrogens is 275 g/mol. The SMILES string of the molecule is CCN1CCOC(CNc2cc(Cl)nnc2Cl)C1. The minimum absolute atomic E-state index is 0.154. The number of aromatic nitrogens is 2. The van der Waals surface area contributed by atoms with E-state index in [0.29, 0.717) is 22.5 Å². The lowest BCUT2D eigenvalue weighted by molar-refractivity contribution is -0.0191. The maximum absolute atomic E-state index is 5.92. The summed E-state index contributed by atoms with van der Waals surface area (Å²) in [5.74, 6) is 0. The fourth-order valence-corrected chi connectivity index (χ4v) is 2.20. The predicted molar refractivity (Wildman–Crippen MR) is 72.4 cm³/mol. The Bertz CT molecular complexity index is 405. The molecule has 1 aromatic heterocycles. The molecule has 0 amide bonds. The van der Waals surface area contributed by atoms with Gasteiger partial charge in [-0.15, -0.1) is 10.2 Å². The van der Waals surface area contributed by atoms with Crippen LogP contribution in [0.25, 0.3) is 0 Å². The van der Waals surface area contributed by atoms with E-state index in [1.165, 1.54) is 0 Å². The molecule has 2 heterocycles. The Kier molecular flexibility index (Phi) is 5.00. The quantitative estimate of drug-likeness (QED) is 0.918. The van der Waals surface area contributed by atoms with Crippen LogP contribution in [-0.4, -0.2) is 54.0 Å². The van der Waals surface area contributed by atoms with Gasteiger partial charge in [0.25, 0.3) is 0 Å². The van der Waals surface area contributed by atoms with Crippen molar-refractivity contribution in [3.8, 4) is 0 Å². The Morgan fingerprint density at radius 3 is 3.11 bits per heavy atom. The maximum atomic E-state index is 5.92. The molecule has 0 aromatic carbocycles. The van der Waals surface area contributed by atoms with Crippen LogP contribution in [0.5, 0.6) is 0 Å². The summed E-state index contributed by atoms with van der Waals surface area (Å²) in [7, 11) is 0. The molecule has 0 saturated carbocycles. The van der Waals surface area contributed by atoms with Gasteiger partial charge in [-0.2, -0.15) is 0 Å². The molecule has 7 heteroatoms. The molecule has 1 atom stereocenters. The summed E-state index contributed by atoms with van der Waals surface area (Å²) in [6, 6.07) is 1.66. The van der Waals surface area contributed by atoms with Gasteiger partial charge in [0.15, 0.2) is 10.3 Å². The molecule has 0 radical (unpaired) electrons. The van der Waals surface area contributed by atoms with Crippen LogP contribution in [0, 0.1) is 0 Å². The number of halogens is 2. The van der Waals surface area contributed by atoms with Crippen molar-refractivity contribution in [3.05, 3.63) is 16.4 Å². The number of likely N-dealkylation sites (N-methyl/N-ethyl adjacent to an activating group) is 1. The van der Waals surface area contributed by atoms with E-state index in [4.69, 9.17) is 27.9 Å². The summed E-state index contributed by atoms with van der Waals surface area (Å²) in [5.41, 5.74) is 0.689. The Labute approximate surface area is 116 Å². The van der Waals surface area contributed by atoms with Crippen molar-refractivity contribution in [3.63, 3.8) is 0 Å². The normalized spacial score (nSPS) is 20.9. The summed E-state index contributed by atoms with van der Waals surface area (Å²) in [5, 5.41) is 11.2. The molecule has 1 saturated heterocycles. The van der Waals surface area contributed by atoms with Crippen molar-refractivity contribution < 1.29 is 4.74 Å². The van der Waals surface area contributed by atoms with Gasteiger partial charge in [-0.1, -0.05) is 30.1 Å². The molecule has 1 aromatic rings. The van der Waals surface area contributed by atoms with Crippen LogP contribution in [0.15, 0.2) is 6.07 Å². The monoisotopic (exact) mass is 290 g/mol. The van der Waals surface area contributed by atoms with E-state index in [1.54, 1.807) is 6.07 Å². The second kappa shape index (κ2) is 6.52. The molecule has 5 nitrogen and oxygen atoms in total. The first-order valence-electron chi connectivity index (χ1n) is 5.95. The summed E-state index contributed by atoms with van der Waals surface area (Å²) >= 11 is 11.7. The zero-order valence-electron chi connectivity index (χ0n) is 10.2. The maximum Gasteiger partial charge on any atom is 0.174 e. The van der Waals surface area contributed by atoms with Crippen molar-refractivity contribution in [1.29, 1.82) is 0 Å². The second-order valence-electron chi connectivity index (χ2n) is 4.14. The van der Waals surface area contributed by atoms with Gasteiger partial charge >= 0.3 is 0 Å². The number of ether oxygens (including phenoxy) is 1. The van der Waals surface area contributed by atoms with Crippen LogP contribution in [0.3, 0.4) is 0 Å². The van der Waals surface area contributed by atoms with Crippen molar-refractivity contribution in [2.24, 2.45) is 0 Å². The average Bonchev–Trinajstić information content (AvgIpc) is 2.40. The fourth-order valence-electron chi connectivity index (χ4n) is 1.89. The lowest BCUT2D eigenvalue weighted by Gasteiger charge is -2.32. The minimum atomic E-state index is 0.154. The topological polar surface area (TPSA) is 50.3 Å². The molecule has 0 bridgehead atoms. The van der Waals surface area contributed by atoms with Gasteiger partial charge in [0, 0.05) is 25.7 Å². The van der Waals surface area contributed by atoms with E-state index in [-0.39, 0.29) is 6.10 Å². The van der Waals surface area contributed by atoms with Crippen LogP contribution in [0.4, 0.5) is 5.69 Å². The highest BCUT2D eigenvalue weighted by atomic mass is 35.5. The third-order valence-corrected chi connectivity index (χ3v) is 3.37. The number of anilines is 1. The molecule has 1 unspecified atom stereocenters. The number of morpholine rings is 1. The molecular formula is C11H16Cl2N4O. The fraction of sp³-hybridized carbons (Fsp3) is 0.636. The van der Waals surface area contributed by atoms with E-state index in [0.717, 1.165) is 26.2 Å². The standard InChI is InChI=1S/C11H16Cl2N4O/c1-2-17-3-4-18-8(7-17)6-14-9-5-10(12)15-16-11(9)13/h5,8H,2-4,6-7H2,1H3,(H,14,15). The smallest absolute Gasteiger partial charge is 0.174 e. The van der Waals surface area contributed by atoms with E-state index in [9.17, 15) is 0 Å².